The number of hydrogen-bond acceptors (Lipinski definition) is 6. The molecule has 1 aliphatic rings. The van der Waals surface area contributed by atoms with E-state index in [2.05, 4.69) is 25.9 Å². The van der Waals surface area contributed by atoms with E-state index in [1.165, 1.54) is 0 Å². The summed E-state index contributed by atoms with van der Waals surface area (Å²) in [7, 11) is 0. The number of carbonyl (C=O) groups is 2. The van der Waals surface area contributed by atoms with Crippen LogP contribution in [0.4, 0.5) is 5.69 Å². The second-order valence-electron chi connectivity index (χ2n) is 7.54. The standard InChI is InChI=1S/C21H24N6O4/c1-4-27-10-16(19(26-27)21(29)22-9-12(2)3)23-20(28)15-8-14(24-25-15)13-5-6-17-18(7-13)31-11-30-17/h5-8,10,12H,4,9,11H2,1-3H3,(H,22,29)(H,23,28)(H,24,25). The van der Waals surface area contributed by atoms with Crippen LogP contribution in [0, 0.1) is 5.92 Å². The lowest BCUT2D eigenvalue weighted by Crippen LogP contribution is -2.28. The molecule has 162 valence electrons. The van der Waals surface area contributed by atoms with Crippen molar-refractivity contribution in [1.29, 1.82) is 0 Å². The van der Waals surface area contributed by atoms with Gasteiger partial charge >= 0.3 is 0 Å². The van der Waals surface area contributed by atoms with Crippen molar-refractivity contribution in [1.82, 2.24) is 25.3 Å². The molecule has 4 rings (SSSR count). The second kappa shape index (κ2) is 8.50. The number of carbonyl (C=O) groups excluding carboxylic acids is 2. The maximum Gasteiger partial charge on any atom is 0.273 e. The van der Waals surface area contributed by atoms with E-state index in [4.69, 9.17) is 9.47 Å². The smallest absolute Gasteiger partial charge is 0.273 e. The van der Waals surface area contributed by atoms with Crippen LogP contribution in [0.5, 0.6) is 11.5 Å². The van der Waals surface area contributed by atoms with Gasteiger partial charge in [0.25, 0.3) is 11.8 Å². The highest BCUT2D eigenvalue weighted by atomic mass is 16.7. The highest BCUT2D eigenvalue weighted by molar-refractivity contribution is 6.07. The van der Waals surface area contributed by atoms with Crippen LogP contribution in [0.15, 0.2) is 30.5 Å². The Balaban J connectivity index is 1.51. The van der Waals surface area contributed by atoms with Crippen molar-refractivity contribution in [3.8, 4) is 22.8 Å². The van der Waals surface area contributed by atoms with Crippen molar-refractivity contribution in [2.75, 3.05) is 18.7 Å². The molecule has 2 amide bonds. The monoisotopic (exact) mass is 424 g/mol. The number of aryl methyl sites for hydroxylation is 1. The molecule has 0 atom stereocenters. The molecule has 1 aliphatic heterocycles. The number of nitrogens with one attached hydrogen (secondary N) is 3. The topological polar surface area (TPSA) is 123 Å². The first-order valence-electron chi connectivity index (χ1n) is 10.1. The fourth-order valence-corrected chi connectivity index (χ4v) is 3.05. The summed E-state index contributed by atoms with van der Waals surface area (Å²) in [6.07, 6.45) is 1.64. The molecule has 0 radical (unpaired) electrons. The first-order chi connectivity index (χ1) is 14.9. The number of benzene rings is 1. The number of amides is 2. The summed E-state index contributed by atoms with van der Waals surface area (Å²) in [6.45, 7) is 7.18. The molecule has 10 heteroatoms. The Morgan fingerprint density at radius 2 is 2.00 bits per heavy atom. The molecular formula is C21H24N6O4. The van der Waals surface area contributed by atoms with E-state index in [-0.39, 0.29) is 24.1 Å². The van der Waals surface area contributed by atoms with Crippen molar-refractivity contribution >= 4 is 17.5 Å². The van der Waals surface area contributed by atoms with Crippen molar-refractivity contribution < 1.29 is 19.1 Å². The van der Waals surface area contributed by atoms with Crippen LogP contribution in [0.1, 0.15) is 41.7 Å². The van der Waals surface area contributed by atoms with Gasteiger partial charge in [0, 0.05) is 24.8 Å². The summed E-state index contributed by atoms with van der Waals surface area (Å²) in [6, 6.07) is 7.08. The first kappa shape index (κ1) is 20.5. The number of hydrogen-bond donors (Lipinski definition) is 3. The summed E-state index contributed by atoms with van der Waals surface area (Å²) in [5.41, 5.74) is 2.14. The summed E-state index contributed by atoms with van der Waals surface area (Å²) < 4.78 is 12.3. The van der Waals surface area contributed by atoms with Gasteiger partial charge in [-0.1, -0.05) is 13.8 Å². The molecular weight excluding hydrogens is 400 g/mol. The van der Waals surface area contributed by atoms with Gasteiger partial charge in [0.2, 0.25) is 6.79 Å². The largest absolute Gasteiger partial charge is 0.454 e. The van der Waals surface area contributed by atoms with Gasteiger partial charge < -0.3 is 20.1 Å². The quantitative estimate of drug-likeness (QED) is 0.536. The van der Waals surface area contributed by atoms with Crippen LogP contribution >= 0.6 is 0 Å². The summed E-state index contributed by atoms with van der Waals surface area (Å²) in [5.74, 6) is 0.855. The number of rotatable bonds is 7. The number of nitrogens with zero attached hydrogens (tertiary/aromatic N) is 3. The minimum absolute atomic E-state index is 0.173. The number of fused-ring (bicyclic) bond motifs is 1. The summed E-state index contributed by atoms with van der Waals surface area (Å²) in [4.78, 5) is 25.3. The summed E-state index contributed by atoms with van der Waals surface area (Å²) >= 11 is 0. The number of ether oxygens (including phenoxy) is 2. The molecule has 0 unspecified atom stereocenters. The molecule has 0 spiro atoms. The third-order valence-corrected chi connectivity index (χ3v) is 4.71. The van der Waals surface area contributed by atoms with Gasteiger partial charge in [-0.15, -0.1) is 0 Å². The average Bonchev–Trinajstić information content (AvgIpc) is 3.50. The molecule has 1 aromatic carbocycles. The zero-order valence-corrected chi connectivity index (χ0v) is 17.6. The van der Waals surface area contributed by atoms with Crippen LogP contribution < -0.4 is 20.1 Å². The molecule has 3 N–H and O–H groups in total. The maximum atomic E-state index is 12.8. The van der Waals surface area contributed by atoms with E-state index < -0.39 is 5.91 Å². The van der Waals surface area contributed by atoms with Crippen LogP contribution in [-0.4, -0.2) is 45.1 Å². The Hall–Kier alpha value is -3.82. The Kier molecular flexibility index (Phi) is 5.61. The van der Waals surface area contributed by atoms with Crippen molar-refractivity contribution in [2.45, 2.75) is 27.3 Å². The molecule has 0 saturated heterocycles. The minimum atomic E-state index is -0.423. The zero-order chi connectivity index (χ0) is 22.0. The van der Waals surface area contributed by atoms with Crippen molar-refractivity contribution in [2.24, 2.45) is 5.92 Å². The molecule has 0 fully saturated rings. The second-order valence-corrected chi connectivity index (χ2v) is 7.54. The number of H-pyrrole nitrogens is 1. The Morgan fingerprint density at radius 1 is 1.19 bits per heavy atom. The van der Waals surface area contributed by atoms with Crippen molar-refractivity contribution in [3.63, 3.8) is 0 Å². The Bertz CT molecular complexity index is 1120. The van der Waals surface area contributed by atoms with Gasteiger partial charge in [-0.25, -0.2) is 0 Å². The third kappa shape index (κ3) is 4.37. The summed E-state index contributed by atoms with van der Waals surface area (Å²) in [5, 5.41) is 16.8. The first-order valence-corrected chi connectivity index (χ1v) is 10.1. The number of anilines is 1. The van der Waals surface area contributed by atoms with Gasteiger partial charge in [-0.3, -0.25) is 19.4 Å². The van der Waals surface area contributed by atoms with E-state index in [0.717, 1.165) is 5.56 Å². The molecule has 3 heterocycles. The zero-order valence-electron chi connectivity index (χ0n) is 17.6. The average molecular weight is 424 g/mol. The van der Waals surface area contributed by atoms with E-state index >= 15 is 0 Å². The fraction of sp³-hybridized carbons (Fsp3) is 0.333. The molecule has 31 heavy (non-hydrogen) atoms. The maximum absolute atomic E-state index is 12.8. The Morgan fingerprint density at radius 3 is 2.77 bits per heavy atom. The van der Waals surface area contributed by atoms with Gasteiger partial charge in [0.05, 0.1) is 11.4 Å². The molecule has 0 saturated carbocycles. The van der Waals surface area contributed by atoms with Gasteiger partial charge in [0.1, 0.15) is 5.69 Å². The highest BCUT2D eigenvalue weighted by Crippen LogP contribution is 2.35. The van der Waals surface area contributed by atoms with Crippen LogP contribution in [0.3, 0.4) is 0 Å². The molecule has 10 nitrogen and oxygen atoms in total. The fourth-order valence-electron chi connectivity index (χ4n) is 3.05. The van der Waals surface area contributed by atoms with Crippen LogP contribution in [-0.2, 0) is 6.54 Å². The lowest BCUT2D eigenvalue weighted by Gasteiger charge is -2.07. The van der Waals surface area contributed by atoms with Crippen LogP contribution in [0.2, 0.25) is 0 Å². The number of aromatic amines is 1. The van der Waals surface area contributed by atoms with E-state index in [1.54, 1.807) is 23.0 Å². The highest BCUT2D eigenvalue weighted by Gasteiger charge is 2.21. The predicted molar refractivity (Wildman–Crippen MR) is 113 cm³/mol. The van der Waals surface area contributed by atoms with Gasteiger partial charge in [-0.2, -0.15) is 10.2 Å². The molecule has 3 aromatic rings. The molecule has 0 bridgehead atoms. The molecule has 2 aromatic heterocycles. The SMILES string of the molecule is CCn1cc(NC(=O)c2cc(-c3ccc4c(c3)OCO4)n[nH]2)c(C(=O)NCC(C)C)n1. The minimum Gasteiger partial charge on any atom is -0.454 e. The van der Waals surface area contributed by atoms with E-state index in [0.29, 0.717) is 41.9 Å². The van der Waals surface area contributed by atoms with Crippen LogP contribution in [0.25, 0.3) is 11.3 Å². The van der Waals surface area contributed by atoms with E-state index in [9.17, 15) is 9.59 Å². The van der Waals surface area contributed by atoms with E-state index in [1.807, 2.05) is 32.9 Å². The lowest BCUT2D eigenvalue weighted by atomic mass is 10.1. The number of aromatic nitrogens is 4. The third-order valence-electron chi connectivity index (χ3n) is 4.71. The predicted octanol–water partition coefficient (Wildman–Crippen LogP) is 2.66. The van der Waals surface area contributed by atoms with Gasteiger partial charge in [-0.05, 0) is 37.1 Å². The molecule has 0 aliphatic carbocycles. The Labute approximate surface area is 178 Å². The normalized spacial score (nSPS) is 12.3. The van der Waals surface area contributed by atoms with Crippen molar-refractivity contribution in [3.05, 3.63) is 41.9 Å². The lowest BCUT2D eigenvalue weighted by molar-refractivity contribution is 0.0944. The van der Waals surface area contributed by atoms with Gasteiger partial charge in [0.15, 0.2) is 17.2 Å².